The van der Waals surface area contributed by atoms with Crippen molar-refractivity contribution in [2.24, 2.45) is 0 Å². The van der Waals surface area contributed by atoms with Gasteiger partial charge in [0.05, 0.1) is 16.3 Å². The summed E-state index contributed by atoms with van der Waals surface area (Å²) in [5.41, 5.74) is 3.59. The first kappa shape index (κ1) is 9.12. The lowest BCUT2D eigenvalue weighted by molar-refractivity contribution is -0.137. The van der Waals surface area contributed by atoms with Crippen LogP contribution in [0.4, 0.5) is 18.9 Å². The second kappa shape index (κ2) is 2.82. The van der Waals surface area contributed by atoms with Crippen molar-refractivity contribution >= 4 is 17.3 Å². The normalized spacial score (nSPS) is 11.7. The Morgan fingerprint density at radius 1 is 1.33 bits per heavy atom. The van der Waals surface area contributed by atoms with Gasteiger partial charge in [-0.05, 0) is 0 Å². The highest BCUT2D eigenvalue weighted by Gasteiger charge is 2.33. The first-order valence-corrected chi connectivity index (χ1v) is 3.27. The SMILES string of the molecule is Nc1c(Cl)cncc1C(F)(F)F. The fourth-order valence-electron chi connectivity index (χ4n) is 0.671. The Morgan fingerprint density at radius 2 is 1.92 bits per heavy atom. The molecule has 2 nitrogen and oxygen atoms in total. The Kier molecular flexibility index (Phi) is 2.14. The monoisotopic (exact) mass is 196 g/mol. The number of hydrogen-bond acceptors (Lipinski definition) is 2. The van der Waals surface area contributed by atoms with Crippen molar-refractivity contribution in [2.75, 3.05) is 5.73 Å². The second-order valence-corrected chi connectivity index (χ2v) is 2.49. The fraction of sp³-hybridized carbons (Fsp3) is 0.167. The van der Waals surface area contributed by atoms with Gasteiger partial charge in [-0.1, -0.05) is 11.6 Å². The zero-order valence-electron chi connectivity index (χ0n) is 5.69. The number of nitrogens with zero attached hydrogens (tertiary/aromatic N) is 1. The summed E-state index contributed by atoms with van der Waals surface area (Å²) in [4.78, 5) is 3.28. The minimum absolute atomic E-state index is 0.190. The topological polar surface area (TPSA) is 38.9 Å². The highest BCUT2D eigenvalue weighted by atomic mass is 35.5. The Bertz CT molecular complexity index is 297. The van der Waals surface area contributed by atoms with Gasteiger partial charge in [-0.3, -0.25) is 4.98 Å². The summed E-state index contributed by atoms with van der Waals surface area (Å²) in [6.07, 6.45) is -2.80. The molecule has 0 radical (unpaired) electrons. The van der Waals surface area contributed by atoms with E-state index < -0.39 is 17.4 Å². The molecule has 0 saturated carbocycles. The van der Waals surface area contributed by atoms with Gasteiger partial charge >= 0.3 is 6.18 Å². The summed E-state index contributed by atoms with van der Waals surface area (Å²) < 4.78 is 36.2. The molecule has 0 amide bonds. The third-order valence-electron chi connectivity index (χ3n) is 1.24. The van der Waals surface area contributed by atoms with Crippen LogP contribution in [0.25, 0.3) is 0 Å². The van der Waals surface area contributed by atoms with E-state index >= 15 is 0 Å². The van der Waals surface area contributed by atoms with Crippen LogP contribution in [0.15, 0.2) is 12.4 Å². The van der Waals surface area contributed by atoms with Gasteiger partial charge < -0.3 is 5.73 Å². The van der Waals surface area contributed by atoms with Crippen molar-refractivity contribution in [2.45, 2.75) is 6.18 Å². The second-order valence-electron chi connectivity index (χ2n) is 2.08. The fourth-order valence-corrected chi connectivity index (χ4v) is 0.829. The molecule has 1 heterocycles. The van der Waals surface area contributed by atoms with E-state index in [2.05, 4.69) is 4.98 Å². The summed E-state index contributed by atoms with van der Waals surface area (Å²) in [6.45, 7) is 0. The number of nitrogen functional groups attached to an aromatic ring is 1. The molecule has 1 rings (SSSR count). The zero-order valence-corrected chi connectivity index (χ0v) is 6.45. The molecule has 12 heavy (non-hydrogen) atoms. The van der Waals surface area contributed by atoms with Gasteiger partial charge in [0.2, 0.25) is 0 Å². The van der Waals surface area contributed by atoms with Crippen LogP contribution >= 0.6 is 11.6 Å². The lowest BCUT2D eigenvalue weighted by Gasteiger charge is -2.09. The van der Waals surface area contributed by atoms with Crippen LogP contribution in [-0.4, -0.2) is 4.98 Å². The van der Waals surface area contributed by atoms with Crippen molar-refractivity contribution in [3.8, 4) is 0 Å². The molecule has 66 valence electrons. The van der Waals surface area contributed by atoms with E-state index in [0.717, 1.165) is 6.20 Å². The summed E-state index contributed by atoms with van der Waals surface area (Å²) in [6, 6.07) is 0. The molecule has 6 heteroatoms. The first-order chi connectivity index (χ1) is 5.43. The Labute approximate surface area is 71.2 Å². The first-order valence-electron chi connectivity index (χ1n) is 2.89. The van der Waals surface area contributed by atoms with Gasteiger partial charge in [0.15, 0.2) is 0 Å². The third-order valence-corrected chi connectivity index (χ3v) is 1.55. The molecule has 0 atom stereocenters. The molecule has 0 bridgehead atoms. The van der Waals surface area contributed by atoms with Gasteiger partial charge in [-0.15, -0.1) is 0 Å². The molecule has 0 fully saturated rings. The van der Waals surface area contributed by atoms with Gasteiger partial charge in [0.1, 0.15) is 0 Å². The van der Waals surface area contributed by atoms with Crippen LogP contribution in [0, 0.1) is 0 Å². The van der Waals surface area contributed by atoms with Crippen molar-refractivity contribution in [3.63, 3.8) is 0 Å². The third kappa shape index (κ3) is 1.61. The molecule has 0 aromatic carbocycles. The number of nitrogens with two attached hydrogens (primary N) is 1. The molecule has 0 aliphatic heterocycles. The van der Waals surface area contributed by atoms with Crippen molar-refractivity contribution in [1.29, 1.82) is 0 Å². The minimum atomic E-state index is -4.50. The smallest absolute Gasteiger partial charge is 0.397 e. The molecular weight excluding hydrogens is 193 g/mol. The number of alkyl halides is 3. The van der Waals surface area contributed by atoms with Crippen LogP contribution in [0.5, 0.6) is 0 Å². The maximum absolute atomic E-state index is 12.1. The van der Waals surface area contributed by atoms with E-state index in [4.69, 9.17) is 17.3 Å². The van der Waals surface area contributed by atoms with Crippen molar-refractivity contribution in [1.82, 2.24) is 4.98 Å². The van der Waals surface area contributed by atoms with Crippen LogP contribution in [0.3, 0.4) is 0 Å². The van der Waals surface area contributed by atoms with Crippen molar-refractivity contribution < 1.29 is 13.2 Å². The summed E-state index contributed by atoms with van der Waals surface area (Å²) in [7, 11) is 0. The predicted molar refractivity (Wildman–Crippen MR) is 38.7 cm³/mol. The molecule has 0 aliphatic carbocycles. The van der Waals surface area contributed by atoms with Gasteiger partial charge in [0.25, 0.3) is 0 Å². The number of aromatic nitrogens is 1. The number of halogens is 4. The maximum atomic E-state index is 12.1. The molecule has 0 saturated heterocycles. The number of rotatable bonds is 0. The Balaban J connectivity index is 3.26. The molecule has 1 aromatic rings. The molecule has 2 N–H and O–H groups in total. The van der Waals surface area contributed by atoms with Gasteiger partial charge in [0, 0.05) is 12.4 Å². The van der Waals surface area contributed by atoms with E-state index in [1.807, 2.05) is 0 Å². The largest absolute Gasteiger partial charge is 0.419 e. The van der Waals surface area contributed by atoms with E-state index in [9.17, 15) is 13.2 Å². The van der Waals surface area contributed by atoms with E-state index in [1.54, 1.807) is 0 Å². The lowest BCUT2D eigenvalue weighted by atomic mass is 10.2. The minimum Gasteiger partial charge on any atom is -0.397 e. The summed E-state index contributed by atoms with van der Waals surface area (Å²) in [5, 5.41) is -0.190. The average Bonchev–Trinajstić information content (AvgIpc) is 1.92. The van der Waals surface area contributed by atoms with E-state index in [1.165, 1.54) is 0 Å². The van der Waals surface area contributed by atoms with Crippen LogP contribution in [0.1, 0.15) is 5.56 Å². The predicted octanol–water partition coefficient (Wildman–Crippen LogP) is 2.34. The van der Waals surface area contributed by atoms with E-state index in [-0.39, 0.29) is 5.02 Å². The highest BCUT2D eigenvalue weighted by molar-refractivity contribution is 6.33. The molecule has 1 aromatic heterocycles. The van der Waals surface area contributed by atoms with E-state index in [0.29, 0.717) is 6.20 Å². The average molecular weight is 197 g/mol. The molecule has 0 aliphatic rings. The van der Waals surface area contributed by atoms with Crippen LogP contribution in [0.2, 0.25) is 5.02 Å². The van der Waals surface area contributed by atoms with Gasteiger partial charge in [-0.25, -0.2) is 0 Å². The summed E-state index contributed by atoms with van der Waals surface area (Å²) in [5.74, 6) is 0. The van der Waals surface area contributed by atoms with Gasteiger partial charge in [-0.2, -0.15) is 13.2 Å². The standard InChI is InChI=1S/C6H4ClF3N2/c7-4-2-12-1-3(5(4)11)6(8,9)10/h1-2H,(H2,11,12). The van der Waals surface area contributed by atoms with Crippen LogP contribution < -0.4 is 5.73 Å². The van der Waals surface area contributed by atoms with Crippen LogP contribution in [-0.2, 0) is 6.18 Å². The molecular formula is C6H4ClF3N2. The maximum Gasteiger partial charge on any atom is 0.419 e. The Hall–Kier alpha value is -0.970. The quantitative estimate of drug-likeness (QED) is 0.692. The Morgan fingerprint density at radius 3 is 2.33 bits per heavy atom. The van der Waals surface area contributed by atoms with Crippen molar-refractivity contribution in [3.05, 3.63) is 23.0 Å². The molecule has 0 unspecified atom stereocenters. The molecule has 0 spiro atoms. The highest BCUT2D eigenvalue weighted by Crippen LogP contribution is 2.35. The summed E-state index contributed by atoms with van der Waals surface area (Å²) >= 11 is 5.33. The number of hydrogen-bond donors (Lipinski definition) is 1. The number of anilines is 1. The lowest BCUT2D eigenvalue weighted by Crippen LogP contribution is -2.09. The zero-order chi connectivity index (χ0) is 9.35. The number of pyridine rings is 1.